The summed E-state index contributed by atoms with van der Waals surface area (Å²) in [6.45, 7) is 0. The molecule has 12 aromatic rings. The summed E-state index contributed by atoms with van der Waals surface area (Å²) in [5, 5.41) is 14.1. The summed E-state index contributed by atoms with van der Waals surface area (Å²) in [7, 11) is 0. The van der Waals surface area contributed by atoms with Gasteiger partial charge in [0.1, 0.15) is 5.82 Å². The summed E-state index contributed by atoms with van der Waals surface area (Å²) >= 11 is 0. The predicted molar refractivity (Wildman–Crippen MR) is 270 cm³/mol. The van der Waals surface area contributed by atoms with E-state index >= 15 is 0 Å². The van der Waals surface area contributed by atoms with Crippen molar-refractivity contribution in [3.05, 3.63) is 236 Å². The first kappa shape index (κ1) is 40.5. The third kappa shape index (κ3) is 6.99. The van der Waals surface area contributed by atoms with Crippen molar-refractivity contribution in [2.75, 3.05) is 0 Å². The molecule has 68 heavy (non-hydrogen) atoms. The summed E-state index contributed by atoms with van der Waals surface area (Å²) in [4.78, 5) is 5.24. The van der Waals surface area contributed by atoms with Crippen LogP contribution in [0.2, 0.25) is 0 Å². The first-order valence-electron chi connectivity index (χ1n) is 22.3. The summed E-state index contributed by atoms with van der Waals surface area (Å²) in [5.41, 5.74) is 12.2. The van der Waals surface area contributed by atoms with Gasteiger partial charge in [0.15, 0.2) is 0 Å². The zero-order valence-electron chi connectivity index (χ0n) is 36.3. The second kappa shape index (κ2) is 16.2. The predicted octanol–water partition coefficient (Wildman–Crippen LogP) is 16.5. The molecule has 0 atom stereocenters. The van der Waals surface area contributed by atoms with E-state index in [0.29, 0.717) is 17.1 Å². The van der Waals surface area contributed by atoms with Gasteiger partial charge in [0, 0.05) is 27.1 Å². The first-order chi connectivity index (χ1) is 33.3. The molecule has 0 radical (unpaired) electrons. The van der Waals surface area contributed by atoms with Gasteiger partial charge in [-0.2, -0.15) is 18.4 Å². The van der Waals surface area contributed by atoms with Gasteiger partial charge in [-0.1, -0.05) is 146 Å². The number of benzene rings is 9. The molecule has 0 aliphatic carbocycles. The Labute approximate surface area is 389 Å². The summed E-state index contributed by atoms with van der Waals surface area (Å²) in [6.07, 6.45) is -2.94. The molecule has 0 bridgehead atoms. The lowest BCUT2D eigenvalue weighted by molar-refractivity contribution is -0.137. The highest BCUT2D eigenvalue weighted by Gasteiger charge is 2.32. The summed E-state index contributed by atoms with van der Waals surface area (Å²) < 4.78 is 48.5. The fourth-order valence-corrected chi connectivity index (χ4v) is 9.77. The maximum atomic E-state index is 14.8. The summed E-state index contributed by atoms with van der Waals surface area (Å²) in [6, 6.07) is 73.7. The molecule has 0 saturated heterocycles. The molecular weight excluding hydrogens is 846 g/mol. The molecule has 9 aromatic carbocycles. The lowest BCUT2D eigenvalue weighted by atomic mass is 9.98. The van der Waals surface area contributed by atoms with E-state index in [0.717, 1.165) is 100 Å². The van der Waals surface area contributed by atoms with Crippen LogP contribution in [0.4, 0.5) is 13.2 Å². The molecule has 0 spiro atoms. The zero-order chi connectivity index (χ0) is 45.9. The minimum absolute atomic E-state index is 0.0971. The standard InChI is InChI=1S/C61H37F3N4/c62-61(63,64)49-30-39(37-65)29-48(31-49)50-36-60(68-57-27-23-46(42-17-9-3-10-18-42)34-53(57)54-35-47(24-28-58(54)68)43-19-11-4-12-20-43)66-38-59(50)67-55-25-21-44(40-13-5-1-6-14-40)32-51(55)52-33-45(22-26-56(52)67)41-15-7-2-8-16-41/h1-36,38H. The van der Waals surface area contributed by atoms with Crippen LogP contribution in [0.15, 0.2) is 225 Å². The molecule has 0 saturated carbocycles. The Bertz CT molecular complexity index is 3750. The number of hydrogen-bond donors (Lipinski definition) is 0. The minimum Gasteiger partial charge on any atom is -0.307 e. The molecular formula is C61H37F3N4. The van der Waals surface area contributed by atoms with Crippen molar-refractivity contribution in [1.82, 2.24) is 14.1 Å². The molecule has 4 nitrogen and oxygen atoms in total. The van der Waals surface area contributed by atoms with E-state index < -0.39 is 11.7 Å². The Morgan fingerprint density at radius 2 is 0.765 bits per heavy atom. The molecule has 0 fully saturated rings. The SMILES string of the molecule is N#Cc1cc(-c2cc(-n3c4ccc(-c5ccccc5)cc4c4cc(-c5ccccc5)ccc43)ncc2-n2c3ccc(-c4ccccc4)cc3c3cc(-c4ccccc4)ccc32)cc(C(F)(F)F)c1. The van der Waals surface area contributed by atoms with E-state index in [1.54, 1.807) is 6.20 Å². The summed E-state index contributed by atoms with van der Waals surface area (Å²) in [5.74, 6) is 0.512. The topological polar surface area (TPSA) is 46.5 Å². The number of nitriles is 1. The monoisotopic (exact) mass is 882 g/mol. The second-order valence-electron chi connectivity index (χ2n) is 17.0. The van der Waals surface area contributed by atoms with Gasteiger partial charge in [0.25, 0.3) is 0 Å². The van der Waals surface area contributed by atoms with Crippen LogP contribution in [0.5, 0.6) is 0 Å². The average molecular weight is 883 g/mol. The van der Waals surface area contributed by atoms with Crippen LogP contribution in [0.3, 0.4) is 0 Å². The van der Waals surface area contributed by atoms with Crippen molar-refractivity contribution in [1.29, 1.82) is 5.26 Å². The van der Waals surface area contributed by atoms with Gasteiger partial charge in [-0.25, -0.2) is 4.98 Å². The number of aromatic nitrogens is 3. The molecule has 12 rings (SSSR count). The number of alkyl halides is 3. The third-order valence-electron chi connectivity index (χ3n) is 13.0. The molecule has 0 N–H and O–H groups in total. The fourth-order valence-electron chi connectivity index (χ4n) is 9.77. The number of fused-ring (bicyclic) bond motifs is 6. The number of nitrogens with zero attached hydrogens (tertiary/aromatic N) is 4. The van der Waals surface area contributed by atoms with Crippen LogP contribution in [0.1, 0.15) is 11.1 Å². The number of rotatable bonds is 7. The normalized spacial score (nSPS) is 11.7. The molecule has 3 heterocycles. The molecule has 3 aromatic heterocycles. The van der Waals surface area contributed by atoms with E-state index in [4.69, 9.17) is 4.98 Å². The quantitative estimate of drug-likeness (QED) is 0.160. The molecule has 322 valence electrons. The fraction of sp³-hybridized carbons (Fsp3) is 0.0164. The average Bonchev–Trinajstić information content (AvgIpc) is 3.90. The number of hydrogen-bond acceptors (Lipinski definition) is 2. The van der Waals surface area contributed by atoms with Crippen molar-refractivity contribution >= 4 is 43.6 Å². The van der Waals surface area contributed by atoms with Crippen LogP contribution in [0.25, 0.3) is 111 Å². The molecule has 0 unspecified atom stereocenters. The van der Waals surface area contributed by atoms with Gasteiger partial charge >= 0.3 is 6.18 Å². The lowest BCUT2D eigenvalue weighted by Gasteiger charge is -2.18. The second-order valence-corrected chi connectivity index (χ2v) is 17.0. The number of pyridine rings is 1. The Morgan fingerprint density at radius 3 is 1.13 bits per heavy atom. The maximum Gasteiger partial charge on any atom is 0.416 e. The molecule has 7 heteroatoms. The largest absolute Gasteiger partial charge is 0.416 e. The third-order valence-corrected chi connectivity index (χ3v) is 13.0. The van der Waals surface area contributed by atoms with Crippen molar-refractivity contribution < 1.29 is 13.2 Å². The van der Waals surface area contributed by atoms with E-state index in [2.05, 4.69) is 130 Å². The van der Waals surface area contributed by atoms with Gasteiger partial charge in [-0.15, -0.1) is 0 Å². The highest BCUT2D eigenvalue weighted by atomic mass is 19.4. The van der Waals surface area contributed by atoms with Gasteiger partial charge in [-0.3, -0.25) is 4.57 Å². The van der Waals surface area contributed by atoms with Crippen LogP contribution < -0.4 is 0 Å². The zero-order valence-corrected chi connectivity index (χ0v) is 36.3. The van der Waals surface area contributed by atoms with Crippen LogP contribution >= 0.6 is 0 Å². The van der Waals surface area contributed by atoms with E-state index in [1.165, 1.54) is 6.07 Å². The minimum atomic E-state index is -4.70. The first-order valence-corrected chi connectivity index (χ1v) is 22.3. The van der Waals surface area contributed by atoms with Crippen LogP contribution in [0, 0.1) is 11.3 Å². The number of halogens is 3. The highest BCUT2D eigenvalue weighted by Crippen LogP contribution is 2.43. The highest BCUT2D eigenvalue weighted by molar-refractivity contribution is 6.13. The van der Waals surface area contributed by atoms with Gasteiger partial charge in [-0.05, 0) is 123 Å². The van der Waals surface area contributed by atoms with Gasteiger partial charge < -0.3 is 4.57 Å². The molecule has 0 aliphatic heterocycles. The Kier molecular flexibility index (Phi) is 9.63. The Balaban J connectivity index is 1.15. The van der Waals surface area contributed by atoms with E-state index in [9.17, 15) is 18.4 Å². The van der Waals surface area contributed by atoms with E-state index in [1.807, 2.05) is 84.9 Å². The van der Waals surface area contributed by atoms with Crippen LogP contribution in [-0.2, 0) is 6.18 Å². The van der Waals surface area contributed by atoms with Gasteiger partial charge in [0.05, 0.1) is 51.1 Å². The maximum absolute atomic E-state index is 14.8. The Morgan fingerprint density at radius 1 is 0.382 bits per heavy atom. The smallest absolute Gasteiger partial charge is 0.307 e. The van der Waals surface area contributed by atoms with Crippen LogP contribution in [-0.4, -0.2) is 14.1 Å². The Hall–Kier alpha value is -8.99. The van der Waals surface area contributed by atoms with Gasteiger partial charge in [0.2, 0.25) is 0 Å². The van der Waals surface area contributed by atoms with E-state index in [-0.39, 0.29) is 11.1 Å². The van der Waals surface area contributed by atoms with Crippen molar-refractivity contribution in [2.45, 2.75) is 6.18 Å². The lowest BCUT2D eigenvalue weighted by Crippen LogP contribution is -2.07. The molecule has 0 amide bonds. The van der Waals surface area contributed by atoms with Crippen molar-refractivity contribution in [2.24, 2.45) is 0 Å². The van der Waals surface area contributed by atoms with Crippen molar-refractivity contribution in [3.63, 3.8) is 0 Å². The van der Waals surface area contributed by atoms with Crippen molar-refractivity contribution in [3.8, 4) is 73.2 Å². The molecule has 0 aliphatic rings.